The smallest absolute Gasteiger partial charge is 0.316 e. The summed E-state index contributed by atoms with van der Waals surface area (Å²) in [5.74, 6) is 0.333. The van der Waals surface area contributed by atoms with Gasteiger partial charge in [-0.2, -0.15) is 13.2 Å². The average Bonchev–Trinajstić information content (AvgIpc) is 2.39. The van der Waals surface area contributed by atoms with Crippen LogP contribution in [0.1, 0.15) is 30.4 Å². The number of piperidine rings is 1. The largest absolute Gasteiger partial charge is 0.416 e. The maximum absolute atomic E-state index is 12.6. The summed E-state index contributed by atoms with van der Waals surface area (Å²) in [6.45, 7) is 1.81. The van der Waals surface area contributed by atoms with Crippen LogP contribution in [-0.4, -0.2) is 18.9 Å². The van der Waals surface area contributed by atoms with E-state index in [-0.39, 0.29) is 12.2 Å². The molecule has 0 radical (unpaired) electrons. The van der Waals surface area contributed by atoms with Crippen LogP contribution >= 0.6 is 0 Å². The highest BCUT2D eigenvalue weighted by Crippen LogP contribution is 2.29. The van der Waals surface area contributed by atoms with Gasteiger partial charge < -0.3 is 5.32 Å². The van der Waals surface area contributed by atoms with E-state index in [1.165, 1.54) is 6.07 Å². The molecule has 2 rings (SSSR count). The van der Waals surface area contributed by atoms with E-state index in [0.29, 0.717) is 17.9 Å². The van der Waals surface area contributed by atoms with Crippen molar-refractivity contribution in [3.05, 3.63) is 35.4 Å². The molecule has 1 aromatic carbocycles. The molecule has 20 heavy (non-hydrogen) atoms. The number of alkyl halides is 3. The second kappa shape index (κ2) is 6.39. The summed E-state index contributed by atoms with van der Waals surface area (Å²) in [5, 5.41) is 3.23. The van der Waals surface area contributed by atoms with E-state index in [1.807, 2.05) is 0 Å². The molecular weight excluding hydrogens is 267 g/mol. The number of hydrogen-bond acceptors (Lipinski definition) is 2. The van der Waals surface area contributed by atoms with Crippen LogP contribution in [0.3, 0.4) is 0 Å². The van der Waals surface area contributed by atoms with Crippen LogP contribution in [0.5, 0.6) is 0 Å². The van der Waals surface area contributed by atoms with Gasteiger partial charge in [-0.3, -0.25) is 4.79 Å². The summed E-state index contributed by atoms with van der Waals surface area (Å²) in [5.41, 5.74) is -0.254. The molecule has 110 valence electrons. The predicted octanol–water partition coefficient (Wildman–Crippen LogP) is 3.21. The first-order valence-corrected chi connectivity index (χ1v) is 6.83. The van der Waals surface area contributed by atoms with Gasteiger partial charge in [0, 0.05) is 12.8 Å². The number of nitrogens with one attached hydrogen (secondary N) is 1. The Morgan fingerprint density at radius 3 is 2.80 bits per heavy atom. The molecule has 0 bridgehead atoms. The van der Waals surface area contributed by atoms with Gasteiger partial charge in [-0.1, -0.05) is 18.2 Å². The summed E-state index contributed by atoms with van der Waals surface area (Å²) in [6.07, 6.45) is -1.75. The van der Waals surface area contributed by atoms with Crippen molar-refractivity contribution < 1.29 is 18.0 Å². The third-order valence-corrected chi connectivity index (χ3v) is 3.57. The Kier molecular flexibility index (Phi) is 4.81. The Balaban J connectivity index is 1.93. The number of ketones is 1. The summed E-state index contributed by atoms with van der Waals surface area (Å²) < 4.78 is 37.8. The van der Waals surface area contributed by atoms with E-state index in [0.717, 1.165) is 38.1 Å². The standard InChI is InChI=1S/C15H18F3NO/c16-15(17,18)13-5-1-3-11(7-13)8-14(20)9-12-4-2-6-19-10-12/h1,3,5,7,12,19H,2,4,6,8-10H2. The average molecular weight is 285 g/mol. The molecule has 2 nitrogen and oxygen atoms in total. The Morgan fingerprint density at radius 2 is 2.15 bits per heavy atom. The molecule has 1 aromatic rings. The molecule has 1 unspecified atom stereocenters. The molecule has 1 heterocycles. The highest BCUT2D eigenvalue weighted by Gasteiger charge is 2.30. The lowest BCUT2D eigenvalue weighted by atomic mass is 9.92. The first-order chi connectivity index (χ1) is 9.45. The molecule has 0 saturated carbocycles. The predicted molar refractivity (Wildman–Crippen MR) is 70.4 cm³/mol. The van der Waals surface area contributed by atoms with Crippen LogP contribution in [0.2, 0.25) is 0 Å². The minimum Gasteiger partial charge on any atom is -0.316 e. The SMILES string of the molecule is O=C(Cc1cccc(C(F)(F)F)c1)CC1CCCNC1. The number of benzene rings is 1. The topological polar surface area (TPSA) is 29.1 Å². The minimum atomic E-state index is -4.35. The zero-order valence-corrected chi connectivity index (χ0v) is 11.2. The maximum Gasteiger partial charge on any atom is 0.416 e. The van der Waals surface area contributed by atoms with Gasteiger partial charge in [0.2, 0.25) is 0 Å². The Hall–Kier alpha value is -1.36. The molecular formula is C15H18F3NO. The lowest BCUT2D eigenvalue weighted by Crippen LogP contribution is -2.31. The highest BCUT2D eigenvalue weighted by molar-refractivity contribution is 5.81. The van der Waals surface area contributed by atoms with Crippen molar-refractivity contribution in [1.82, 2.24) is 5.32 Å². The van der Waals surface area contributed by atoms with Crippen LogP contribution in [-0.2, 0) is 17.4 Å². The van der Waals surface area contributed by atoms with Crippen molar-refractivity contribution in [2.24, 2.45) is 5.92 Å². The van der Waals surface area contributed by atoms with Crippen molar-refractivity contribution >= 4 is 5.78 Å². The Labute approximate surface area is 116 Å². The third kappa shape index (κ3) is 4.34. The van der Waals surface area contributed by atoms with Gasteiger partial charge in [-0.15, -0.1) is 0 Å². The molecule has 1 saturated heterocycles. The third-order valence-electron chi connectivity index (χ3n) is 3.57. The Bertz CT molecular complexity index is 464. The fourth-order valence-electron chi connectivity index (χ4n) is 2.58. The van der Waals surface area contributed by atoms with Gasteiger partial charge in [-0.05, 0) is 43.5 Å². The second-order valence-electron chi connectivity index (χ2n) is 5.33. The number of hydrogen-bond donors (Lipinski definition) is 1. The van der Waals surface area contributed by atoms with Gasteiger partial charge in [0.05, 0.1) is 5.56 Å². The minimum absolute atomic E-state index is 0.0121. The maximum atomic E-state index is 12.6. The fraction of sp³-hybridized carbons (Fsp3) is 0.533. The van der Waals surface area contributed by atoms with Crippen molar-refractivity contribution in [2.45, 2.75) is 31.9 Å². The molecule has 5 heteroatoms. The first-order valence-electron chi connectivity index (χ1n) is 6.83. The number of Topliss-reactive ketones (excluding diaryl/α,β-unsaturated/α-hetero) is 1. The molecule has 1 aliphatic rings. The van der Waals surface area contributed by atoms with Crippen molar-refractivity contribution in [2.75, 3.05) is 13.1 Å². The van der Waals surface area contributed by atoms with E-state index in [9.17, 15) is 18.0 Å². The monoisotopic (exact) mass is 285 g/mol. The van der Waals surface area contributed by atoms with Crippen molar-refractivity contribution in [1.29, 1.82) is 0 Å². The summed E-state index contributed by atoms with van der Waals surface area (Å²) in [6, 6.07) is 5.02. The first kappa shape index (κ1) is 15.0. The van der Waals surface area contributed by atoms with Gasteiger partial charge in [0.15, 0.2) is 0 Å². The van der Waals surface area contributed by atoms with E-state index >= 15 is 0 Å². The van der Waals surface area contributed by atoms with E-state index in [4.69, 9.17) is 0 Å². The van der Waals surface area contributed by atoms with Crippen LogP contribution < -0.4 is 5.32 Å². The molecule has 0 aliphatic carbocycles. The molecule has 0 aromatic heterocycles. The molecule has 1 aliphatic heterocycles. The summed E-state index contributed by atoms with van der Waals surface area (Å²) in [7, 11) is 0. The second-order valence-corrected chi connectivity index (χ2v) is 5.33. The van der Waals surface area contributed by atoms with E-state index < -0.39 is 11.7 Å². The zero-order valence-electron chi connectivity index (χ0n) is 11.2. The number of carbonyl (C=O) groups excluding carboxylic acids is 1. The number of halogens is 3. The number of rotatable bonds is 4. The summed E-state index contributed by atoms with van der Waals surface area (Å²) >= 11 is 0. The summed E-state index contributed by atoms with van der Waals surface area (Å²) in [4.78, 5) is 11.9. The van der Waals surface area contributed by atoms with Crippen LogP contribution in [0.15, 0.2) is 24.3 Å². The highest BCUT2D eigenvalue weighted by atomic mass is 19.4. The van der Waals surface area contributed by atoms with E-state index in [1.54, 1.807) is 6.07 Å². The van der Waals surface area contributed by atoms with Gasteiger partial charge >= 0.3 is 6.18 Å². The van der Waals surface area contributed by atoms with Crippen LogP contribution in [0.4, 0.5) is 13.2 Å². The number of carbonyl (C=O) groups is 1. The molecule has 1 N–H and O–H groups in total. The van der Waals surface area contributed by atoms with Crippen molar-refractivity contribution in [3.63, 3.8) is 0 Å². The lowest BCUT2D eigenvalue weighted by Gasteiger charge is -2.21. The Morgan fingerprint density at radius 1 is 1.35 bits per heavy atom. The molecule has 0 spiro atoms. The lowest BCUT2D eigenvalue weighted by molar-refractivity contribution is -0.137. The van der Waals surface area contributed by atoms with Gasteiger partial charge in [0.25, 0.3) is 0 Å². The normalized spacial score (nSPS) is 19.9. The van der Waals surface area contributed by atoms with Gasteiger partial charge in [0.1, 0.15) is 5.78 Å². The molecule has 1 fully saturated rings. The van der Waals surface area contributed by atoms with E-state index in [2.05, 4.69) is 5.32 Å². The quantitative estimate of drug-likeness (QED) is 0.920. The zero-order chi connectivity index (χ0) is 14.6. The van der Waals surface area contributed by atoms with Crippen LogP contribution in [0, 0.1) is 5.92 Å². The molecule has 1 atom stereocenters. The molecule has 0 amide bonds. The van der Waals surface area contributed by atoms with Crippen LogP contribution in [0.25, 0.3) is 0 Å². The van der Waals surface area contributed by atoms with Gasteiger partial charge in [-0.25, -0.2) is 0 Å². The fourth-order valence-corrected chi connectivity index (χ4v) is 2.58. The van der Waals surface area contributed by atoms with Crippen molar-refractivity contribution in [3.8, 4) is 0 Å².